The predicted molar refractivity (Wildman–Crippen MR) is 71.8 cm³/mol. The first kappa shape index (κ1) is 14.0. The summed E-state index contributed by atoms with van der Waals surface area (Å²) in [5.41, 5.74) is 0.502. The minimum Gasteiger partial charge on any atom is -0.313 e. The van der Waals surface area contributed by atoms with Gasteiger partial charge < -0.3 is 10.2 Å². The van der Waals surface area contributed by atoms with E-state index in [1.807, 2.05) is 0 Å². The summed E-state index contributed by atoms with van der Waals surface area (Å²) in [5.74, 6) is 0.918. The second-order valence-corrected chi connectivity index (χ2v) is 6.59. The molecule has 2 heteroatoms. The minimum atomic E-state index is 0.502. The van der Waals surface area contributed by atoms with E-state index >= 15 is 0 Å². The summed E-state index contributed by atoms with van der Waals surface area (Å²) in [6.45, 7) is 16.5. The molecule has 0 spiro atoms. The average Bonchev–Trinajstić information content (AvgIpc) is 2.16. The van der Waals surface area contributed by atoms with E-state index in [4.69, 9.17) is 0 Å². The first-order valence-corrected chi connectivity index (χ1v) is 6.85. The fourth-order valence-electron chi connectivity index (χ4n) is 2.53. The molecule has 0 aromatic carbocycles. The number of likely N-dealkylation sites (tertiary alicyclic amines) is 1. The predicted octanol–water partition coefficient (Wildman–Crippen LogP) is 2.74. The molecule has 1 fully saturated rings. The van der Waals surface area contributed by atoms with Gasteiger partial charge in [0.2, 0.25) is 0 Å². The highest BCUT2D eigenvalue weighted by Gasteiger charge is 2.28. The first-order chi connectivity index (χ1) is 7.39. The third-order valence-electron chi connectivity index (χ3n) is 3.79. The fraction of sp³-hybridized carbons (Fsp3) is 1.00. The van der Waals surface area contributed by atoms with E-state index in [9.17, 15) is 0 Å². The zero-order valence-electron chi connectivity index (χ0n) is 11.8. The van der Waals surface area contributed by atoms with Crippen LogP contribution < -0.4 is 5.32 Å². The first-order valence-electron chi connectivity index (χ1n) is 6.85. The Kier molecular flexibility index (Phi) is 5.26. The van der Waals surface area contributed by atoms with Crippen molar-refractivity contribution < 1.29 is 0 Å². The van der Waals surface area contributed by atoms with E-state index < -0.39 is 0 Å². The van der Waals surface area contributed by atoms with E-state index in [0.29, 0.717) is 11.5 Å². The van der Waals surface area contributed by atoms with Gasteiger partial charge in [-0.25, -0.2) is 0 Å². The van der Waals surface area contributed by atoms with Gasteiger partial charge in [-0.15, -0.1) is 0 Å². The Morgan fingerprint density at radius 2 is 1.75 bits per heavy atom. The van der Waals surface area contributed by atoms with Crippen LogP contribution in [0.1, 0.15) is 47.5 Å². The molecule has 2 nitrogen and oxygen atoms in total. The summed E-state index contributed by atoms with van der Waals surface area (Å²) in [6, 6.07) is 0.618. The molecule has 1 aliphatic rings. The molecule has 0 radical (unpaired) electrons. The molecule has 0 bridgehead atoms. The quantitative estimate of drug-likeness (QED) is 0.793. The molecule has 1 aliphatic heterocycles. The molecule has 16 heavy (non-hydrogen) atoms. The minimum absolute atomic E-state index is 0.502. The maximum absolute atomic E-state index is 3.49. The summed E-state index contributed by atoms with van der Waals surface area (Å²) >= 11 is 0. The van der Waals surface area contributed by atoms with Crippen molar-refractivity contribution in [1.82, 2.24) is 10.2 Å². The van der Waals surface area contributed by atoms with Crippen LogP contribution in [0.25, 0.3) is 0 Å². The Hall–Kier alpha value is -0.0800. The molecule has 1 rings (SSSR count). The Morgan fingerprint density at radius 3 is 2.19 bits per heavy atom. The van der Waals surface area contributed by atoms with Gasteiger partial charge in [-0.05, 0) is 37.3 Å². The van der Waals surface area contributed by atoms with E-state index in [2.05, 4.69) is 44.8 Å². The van der Waals surface area contributed by atoms with E-state index in [1.165, 1.54) is 32.5 Å². The molecular weight excluding hydrogens is 196 g/mol. The van der Waals surface area contributed by atoms with Gasteiger partial charge in [0.25, 0.3) is 0 Å². The molecule has 0 aromatic heterocycles. The number of hydrogen-bond acceptors (Lipinski definition) is 2. The van der Waals surface area contributed by atoms with Crippen molar-refractivity contribution >= 4 is 0 Å². The summed E-state index contributed by atoms with van der Waals surface area (Å²) < 4.78 is 0. The SMILES string of the molecule is CC(C)NCCN1CCC(C(C)(C)C)CC1. The summed E-state index contributed by atoms with van der Waals surface area (Å²) in [4.78, 5) is 2.61. The lowest BCUT2D eigenvalue weighted by molar-refractivity contribution is 0.112. The van der Waals surface area contributed by atoms with Gasteiger partial charge in [0.05, 0.1) is 0 Å². The van der Waals surface area contributed by atoms with Gasteiger partial charge in [0.1, 0.15) is 0 Å². The summed E-state index contributed by atoms with van der Waals surface area (Å²) in [7, 11) is 0. The highest BCUT2D eigenvalue weighted by Crippen LogP contribution is 2.33. The van der Waals surface area contributed by atoms with Crippen molar-refractivity contribution in [1.29, 1.82) is 0 Å². The van der Waals surface area contributed by atoms with Crippen LogP contribution in [0.2, 0.25) is 0 Å². The standard InChI is InChI=1S/C14H30N2/c1-12(2)15-8-11-16-9-6-13(7-10-16)14(3,4)5/h12-13,15H,6-11H2,1-5H3. The third-order valence-corrected chi connectivity index (χ3v) is 3.79. The maximum Gasteiger partial charge on any atom is 0.0107 e. The summed E-state index contributed by atoms with van der Waals surface area (Å²) in [6.07, 6.45) is 2.76. The number of rotatable bonds is 4. The zero-order chi connectivity index (χ0) is 12.2. The molecule has 0 aliphatic carbocycles. The van der Waals surface area contributed by atoms with Gasteiger partial charge in [0.15, 0.2) is 0 Å². The molecule has 0 atom stereocenters. The maximum atomic E-state index is 3.49. The number of nitrogens with zero attached hydrogens (tertiary/aromatic N) is 1. The van der Waals surface area contributed by atoms with Gasteiger partial charge in [-0.1, -0.05) is 34.6 Å². The average molecular weight is 226 g/mol. The normalized spacial score (nSPS) is 20.6. The molecule has 0 aromatic rings. The molecule has 0 unspecified atom stereocenters. The fourth-order valence-corrected chi connectivity index (χ4v) is 2.53. The highest BCUT2D eigenvalue weighted by molar-refractivity contribution is 4.80. The largest absolute Gasteiger partial charge is 0.313 e. The topological polar surface area (TPSA) is 15.3 Å². The Morgan fingerprint density at radius 1 is 1.19 bits per heavy atom. The van der Waals surface area contributed by atoms with Crippen LogP contribution in [0.15, 0.2) is 0 Å². The van der Waals surface area contributed by atoms with Gasteiger partial charge in [-0.3, -0.25) is 0 Å². The van der Waals surface area contributed by atoms with E-state index in [1.54, 1.807) is 0 Å². The van der Waals surface area contributed by atoms with Gasteiger partial charge in [-0.2, -0.15) is 0 Å². The van der Waals surface area contributed by atoms with Crippen molar-refractivity contribution in [3.63, 3.8) is 0 Å². The van der Waals surface area contributed by atoms with Gasteiger partial charge >= 0.3 is 0 Å². The van der Waals surface area contributed by atoms with Crippen molar-refractivity contribution in [2.45, 2.75) is 53.5 Å². The van der Waals surface area contributed by atoms with Crippen LogP contribution >= 0.6 is 0 Å². The van der Waals surface area contributed by atoms with Crippen LogP contribution in [-0.4, -0.2) is 37.1 Å². The number of hydrogen-bond donors (Lipinski definition) is 1. The second-order valence-electron chi connectivity index (χ2n) is 6.59. The zero-order valence-corrected chi connectivity index (χ0v) is 11.8. The molecule has 0 saturated carbocycles. The lowest BCUT2D eigenvalue weighted by Crippen LogP contribution is -2.41. The van der Waals surface area contributed by atoms with Crippen LogP contribution in [0.4, 0.5) is 0 Å². The highest BCUT2D eigenvalue weighted by atomic mass is 15.1. The third kappa shape index (κ3) is 4.84. The van der Waals surface area contributed by atoms with Crippen molar-refractivity contribution in [2.24, 2.45) is 11.3 Å². The molecule has 0 amide bonds. The number of piperidine rings is 1. The van der Waals surface area contributed by atoms with E-state index in [-0.39, 0.29) is 0 Å². The molecule has 1 heterocycles. The number of nitrogens with one attached hydrogen (secondary N) is 1. The second kappa shape index (κ2) is 6.02. The lowest BCUT2D eigenvalue weighted by atomic mass is 9.75. The van der Waals surface area contributed by atoms with Crippen molar-refractivity contribution in [2.75, 3.05) is 26.2 Å². The Labute approximate surface area is 102 Å². The molecule has 1 saturated heterocycles. The molecule has 1 N–H and O–H groups in total. The smallest absolute Gasteiger partial charge is 0.0107 e. The lowest BCUT2D eigenvalue weighted by Gasteiger charge is -2.38. The van der Waals surface area contributed by atoms with Crippen molar-refractivity contribution in [3.8, 4) is 0 Å². The van der Waals surface area contributed by atoms with Crippen LogP contribution in [0.3, 0.4) is 0 Å². The Bertz CT molecular complexity index is 185. The molecule has 96 valence electrons. The summed E-state index contributed by atoms with van der Waals surface area (Å²) in [5, 5.41) is 3.49. The molecular formula is C14H30N2. The monoisotopic (exact) mass is 226 g/mol. The van der Waals surface area contributed by atoms with Crippen molar-refractivity contribution in [3.05, 3.63) is 0 Å². The Balaban J connectivity index is 2.17. The van der Waals surface area contributed by atoms with E-state index in [0.717, 1.165) is 12.5 Å². The van der Waals surface area contributed by atoms with Gasteiger partial charge in [0, 0.05) is 19.1 Å². The van der Waals surface area contributed by atoms with Crippen LogP contribution in [0, 0.1) is 11.3 Å². The van der Waals surface area contributed by atoms with Crippen LogP contribution in [0.5, 0.6) is 0 Å². The van der Waals surface area contributed by atoms with Crippen LogP contribution in [-0.2, 0) is 0 Å².